The second-order valence-corrected chi connectivity index (χ2v) is 5.91. The Hall–Kier alpha value is -0.830. The van der Waals surface area contributed by atoms with Gasteiger partial charge in [0, 0.05) is 59.6 Å². The molecule has 1 atom stereocenters. The van der Waals surface area contributed by atoms with Gasteiger partial charge in [-0.3, -0.25) is 9.67 Å². The van der Waals surface area contributed by atoms with Crippen molar-refractivity contribution in [2.75, 3.05) is 40.4 Å². The van der Waals surface area contributed by atoms with Crippen LogP contribution in [0.4, 0.5) is 0 Å². The van der Waals surface area contributed by atoms with Crippen molar-refractivity contribution in [3.05, 3.63) is 18.0 Å². The molecule has 6 nitrogen and oxygen atoms in total. The van der Waals surface area contributed by atoms with Crippen LogP contribution in [0.3, 0.4) is 0 Å². The van der Waals surface area contributed by atoms with Crippen LogP contribution >= 0.6 is 24.0 Å². The van der Waals surface area contributed by atoms with Gasteiger partial charge >= 0.3 is 0 Å². The minimum Gasteiger partial charge on any atom is -0.385 e. The fourth-order valence-electron chi connectivity index (χ4n) is 2.96. The highest BCUT2D eigenvalue weighted by atomic mass is 127. The number of ether oxygens (including phenoxy) is 1. The fraction of sp³-hybridized carbons (Fsp3) is 0.750. The van der Waals surface area contributed by atoms with Gasteiger partial charge in [0.05, 0.1) is 6.20 Å². The van der Waals surface area contributed by atoms with Gasteiger partial charge in [-0.05, 0) is 31.2 Å². The van der Waals surface area contributed by atoms with Gasteiger partial charge < -0.3 is 15.0 Å². The topological polar surface area (TPSA) is 54.7 Å². The van der Waals surface area contributed by atoms with E-state index < -0.39 is 0 Å². The maximum absolute atomic E-state index is 5.07. The summed E-state index contributed by atoms with van der Waals surface area (Å²) in [6.07, 6.45) is 8.75. The van der Waals surface area contributed by atoms with E-state index in [0.717, 1.165) is 45.0 Å². The van der Waals surface area contributed by atoms with E-state index in [1.807, 2.05) is 25.0 Å². The number of halogens is 1. The second-order valence-electron chi connectivity index (χ2n) is 5.91. The van der Waals surface area contributed by atoms with Gasteiger partial charge in [0.15, 0.2) is 5.96 Å². The molecule has 1 N–H and O–H groups in total. The molecule has 1 aliphatic heterocycles. The van der Waals surface area contributed by atoms with Crippen molar-refractivity contribution < 1.29 is 4.74 Å². The van der Waals surface area contributed by atoms with Crippen LogP contribution in [0.5, 0.6) is 0 Å². The summed E-state index contributed by atoms with van der Waals surface area (Å²) in [7, 11) is 5.59. The molecule has 7 heteroatoms. The number of guanidine groups is 1. The molecule has 2 heterocycles. The van der Waals surface area contributed by atoms with Crippen molar-refractivity contribution in [3.63, 3.8) is 0 Å². The number of unbranched alkanes of at least 4 members (excludes halogenated alkanes) is 2. The predicted molar refractivity (Wildman–Crippen MR) is 105 cm³/mol. The highest BCUT2D eigenvalue weighted by molar-refractivity contribution is 14.0. The van der Waals surface area contributed by atoms with Gasteiger partial charge in [0.1, 0.15) is 0 Å². The molecule has 1 aromatic heterocycles. The van der Waals surface area contributed by atoms with Crippen molar-refractivity contribution in [2.24, 2.45) is 12.0 Å². The Bertz CT molecular complexity index is 477. The summed E-state index contributed by atoms with van der Waals surface area (Å²) in [4.78, 5) is 6.78. The number of aliphatic imine (C=N–C) groups is 1. The molecule has 1 aromatic rings. The maximum atomic E-state index is 5.07. The number of nitrogens with zero attached hydrogens (tertiary/aromatic N) is 4. The zero-order chi connectivity index (χ0) is 15.8. The van der Waals surface area contributed by atoms with Gasteiger partial charge in [0.25, 0.3) is 0 Å². The number of likely N-dealkylation sites (tertiary alicyclic amines) is 1. The molecule has 1 aliphatic rings. The van der Waals surface area contributed by atoms with Crippen LogP contribution in [-0.4, -0.2) is 61.0 Å². The third kappa shape index (κ3) is 6.29. The molecule has 0 saturated carbocycles. The molecule has 0 spiro atoms. The van der Waals surface area contributed by atoms with Crippen LogP contribution in [-0.2, 0) is 11.8 Å². The summed E-state index contributed by atoms with van der Waals surface area (Å²) in [6, 6.07) is 0. The lowest BCUT2D eigenvalue weighted by Gasteiger charge is -2.21. The summed E-state index contributed by atoms with van der Waals surface area (Å²) < 4.78 is 6.95. The average Bonchev–Trinajstić information content (AvgIpc) is 3.15. The smallest absolute Gasteiger partial charge is 0.193 e. The molecule has 1 saturated heterocycles. The number of rotatable bonds is 7. The molecular formula is C16H30IN5O. The first-order chi connectivity index (χ1) is 10.7. The van der Waals surface area contributed by atoms with Crippen molar-refractivity contribution in [2.45, 2.75) is 31.6 Å². The number of aromatic nitrogens is 2. The van der Waals surface area contributed by atoms with E-state index in [1.165, 1.54) is 18.4 Å². The van der Waals surface area contributed by atoms with Gasteiger partial charge in [0.2, 0.25) is 0 Å². The Kier molecular flexibility index (Phi) is 9.54. The monoisotopic (exact) mass is 435 g/mol. The SMILES string of the molecule is CN=C(NCCCCCOC)N1CCC(c2cnn(C)c2)C1.I. The zero-order valence-electron chi connectivity index (χ0n) is 14.5. The predicted octanol–water partition coefficient (Wildman–Crippen LogP) is 2.22. The molecule has 1 unspecified atom stereocenters. The molecule has 0 radical (unpaired) electrons. The summed E-state index contributed by atoms with van der Waals surface area (Å²) in [5, 5.41) is 7.76. The van der Waals surface area contributed by atoms with Gasteiger partial charge in [-0.1, -0.05) is 0 Å². The van der Waals surface area contributed by atoms with Crippen LogP contribution in [0.25, 0.3) is 0 Å². The van der Waals surface area contributed by atoms with Crippen molar-refractivity contribution in [1.29, 1.82) is 0 Å². The van der Waals surface area contributed by atoms with Crippen LogP contribution < -0.4 is 5.32 Å². The van der Waals surface area contributed by atoms with Crippen LogP contribution in [0.1, 0.15) is 37.2 Å². The lowest BCUT2D eigenvalue weighted by atomic mass is 10.0. The lowest BCUT2D eigenvalue weighted by molar-refractivity contribution is 0.192. The number of hydrogen-bond donors (Lipinski definition) is 1. The van der Waals surface area contributed by atoms with Crippen molar-refractivity contribution in [1.82, 2.24) is 20.0 Å². The largest absolute Gasteiger partial charge is 0.385 e. The van der Waals surface area contributed by atoms with Crippen molar-refractivity contribution in [3.8, 4) is 0 Å². The first kappa shape index (κ1) is 20.2. The molecule has 2 rings (SSSR count). The Balaban J connectivity index is 0.00000264. The van der Waals surface area contributed by atoms with E-state index in [4.69, 9.17) is 4.74 Å². The van der Waals surface area contributed by atoms with Gasteiger partial charge in [-0.2, -0.15) is 5.10 Å². The number of hydrogen-bond acceptors (Lipinski definition) is 3. The Morgan fingerprint density at radius 3 is 2.91 bits per heavy atom. The normalized spacial score (nSPS) is 18.1. The molecule has 0 aromatic carbocycles. The Morgan fingerprint density at radius 1 is 1.43 bits per heavy atom. The standard InChI is InChI=1S/C16H29N5O.HI/c1-17-16(18-8-5-4-6-10-22-3)21-9-7-14(13-21)15-11-19-20(2)12-15;/h11-12,14H,4-10,13H2,1-3H3,(H,17,18);1H. The number of nitrogens with one attached hydrogen (secondary N) is 1. The van der Waals surface area contributed by atoms with Gasteiger partial charge in [-0.15, -0.1) is 24.0 Å². The van der Waals surface area contributed by atoms with E-state index in [9.17, 15) is 0 Å². The minimum atomic E-state index is 0. The lowest BCUT2D eigenvalue weighted by Crippen LogP contribution is -2.40. The highest BCUT2D eigenvalue weighted by Gasteiger charge is 2.26. The highest BCUT2D eigenvalue weighted by Crippen LogP contribution is 2.26. The van der Waals surface area contributed by atoms with E-state index in [1.54, 1.807) is 7.11 Å². The van der Waals surface area contributed by atoms with E-state index >= 15 is 0 Å². The molecular weight excluding hydrogens is 405 g/mol. The van der Waals surface area contributed by atoms with Crippen molar-refractivity contribution >= 4 is 29.9 Å². The summed E-state index contributed by atoms with van der Waals surface area (Å²) in [6.45, 7) is 3.91. The molecule has 0 aliphatic carbocycles. The minimum absolute atomic E-state index is 0. The average molecular weight is 435 g/mol. The van der Waals surface area contributed by atoms with Crippen LogP contribution in [0, 0.1) is 0 Å². The molecule has 23 heavy (non-hydrogen) atoms. The Labute approximate surface area is 156 Å². The number of aryl methyl sites for hydroxylation is 1. The maximum Gasteiger partial charge on any atom is 0.193 e. The molecule has 0 amide bonds. The first-order valence-corrected chi connectivity index (χ1v) is 8.17. The van der Waals surface area contributed by atoms with Crippen LogP contribution in [0.15, 0.2) is 17.4 Å². The molecule has 0 bridgehead atoms. The third-order valence-corrected chi connectivity index (χ3v) is 4.20. The van der Waals surface area contributed by atoms with E-state index in [0.29, 0.717) is 5.92 Å². The summed E-state index contributed by atoms with van der Waals surface area (Å²) in [5.41, 5.74) is 1.33. The quantitative estimate of drug-likeness (QED) is 0.309. The van der Waals surface area contributed by atoms with E-state index in [2.05, 4.69) is 26.5 Å². The second kappa shape index (κ2) is 10.9. The zero-order valence-corrected chi connectivity index (χ0v) is 16.8. The first-order valence-electron chi connectivity index (χ1n) is 8.17. The van der Waals surface area contributed by atoms with Crippen LogP contribution in [0.2, 0.25) is 0 Å². The summed E-state index contributed by atoms with van der Waals surface area (Å²) >= 11 is 0. The number of methoxy groups -OCH3 is 1. The molecule has 1 fully saturated rings. The van der Waals surface area contributed by atoms with E-state index in [-0.39, 0.29) is 24.0 Å². The Morgan fingerprint density at radius 2 is 2.26 bits per heavy atom. The van der Waals surface area contributed by atoms with Gasteiger partial charge in [-0.25, -0.2) is 0 Å². The third-order valence-electron chi connectivity index (χ3n) is 4.20. The fourth-order valence-corrected chi connectivity index (χ4v) is 2.96. The summed E-state index contributed by atoms with van der Waals surface area (Å²) in [5.74, 6) is 1.59. The molecule has 132 valence electrons.